The summed E-state index contributed by atoms with van der Waals surface area (Å²) in [5.74, 6) is 1.79. The van der Waals surface area contributed by atoms with Crippen molar-refractivity contribution >= 4 is 5.90 Å². The first-order valence-corrected chi connectivity index (χ1v) is 3.38. The molecule has 0 fully saturated rings. The van der Waals surface area contributed by atoms with E-state index in [-0.39, 0.29) is 0 Å². The Balaban J connectivity index is 3.81. The maximum absolute atomic E-state index is 5.22. The van der Waals surface area contributed by atoms with Crippen molar-refractivity contribution in [1.82, 2.24) is 0 Å². The van der Waals surface area contributed by atoms with Crippen molar-refractivity contribution in [3.63, 3.8) is 0 Å². The predicted molar refractivity (Wildman–Crippen MR) is 44.1 cm³/mol. The molecule has 0 aliphatic heterocycles. The van der Waals surface area contributed by atoms with Crippen molar-refractivity contribution in [3.8, 4) is 0 Å². The fraction of sp³-hybridized carbons (Fsp3) is 0.625. The lowest BCUT2D eigenvalue weighted by molar-refractivity contribution is 0.357. The van der Waals surface area contributed by atoms with E-state index in [1.165, 1.54) is 0 Å². The molecule has 2 nitrogen and oxygen atoms in total. The first-order valence-electron chi connectivity index (χ1n) is 3.38. The van der Waals surface area contributed by atoms with Gasteiger partial charge in [-0.2, -0.15) is 0 Å². The molecule has 0 bridgehead atoms. The van der Waals surface area contributed by atoms with E-state index in [2.05, 4.69) is 11.6 Å². The van der Waals surface area contributed by atoms with Gasteiger partial charge in [0.25, 0.3) is 0 Å². The topological polar surface area (TPSA) is 21.6 Å². The van der Waals surface area contributed by atoms with Crippen molar-refractivity contribution in [2.75, 3.05) is 7.05 Å². The molecule has 0 saturated carbocycles. The third-order valence-electron chi connectivity index (χ3n) is 1.24. The van der Waals surface area contributed by atoms with Crippen LogP contribution in [0.2, 0.25) is 0 Å². The van der Waals surface area contributed by atoms with Crippen molar-refractivity contribution in [3.05, 3.63) is 12.3 Å². The fourth-order valence-corrected chi connectivity index (χ4v) is 0.353. The van der Waals surface area contributed by atoms with Gasteiger partial charge in [0.15, 0.2) is 5.90 Å². The van der Waals surface area contributed by atoms with Crippen molar-refractivity contribution in [2.24, 2.45) is 10.9 Å². The molecule has 0 rings (SSSR count). The summed E-state index contributed by atoms with van der Waals surface area (Å²) in [6.07, 6.45) is 0. The number of allylic oxidation sites excluding steroid dienone is 1. The molecule has 0 amide bonds. The van der Waals surface area contributed by atoms with Crippen LogP contribution in [0.25, 0.3) is 0 Å². The number of hydrogen-bond acceptors (Lipinski definition) is 2. The summed E-state index contributed by atoms with van der Waals surface area (Å²) in [4.78, 5) is 3.84. The zero-order valence-electron chi connectivity index (χ0n) is 7.14. The van der Waals surface area contributed by atoms with Crippen LogP contribution in [0.4, 0.5) is 0 Å². The van der Waals surface area contributed by atoms with Crippen molar-refractivity contribution < 1.29 is 4.74 Å². The molecular formula is C8H15NO. The highest BCUT2D eigenvalue weighted by Gasteiger charge is 2.01. The van der Waals surface area contributed by atoms with Crippen LogP contribution in [0.15, 0.2) is 17.3 Å². The van der Waals surface area contributed by atoms with Crippen LogP contribution in [0, 0.1) is 5.92 Å². The van der Waals surface area contributed by atoms with Gasteiger partial charge in [-0.25, -0.2) is 0 Å². The molecule has 0 aromatic rings. The van der Waals surface area contributed by atoms with Gasteiger partial charge in [0.1, 0.15) is 5.76 Å². The van der Waals surface area contributed by atoms with Gasteiger partial charge in [-0.15, -0.1) is 0 Å². The van der Waals surface area contributed by atoms with Crippen LogP contribution in [-0.2, 0) is 4.74 Å². The second-order valence-electron chi connectivity index (χ2n) is 2.47. The molecule has 58 valence electrons. The van der Waals surface area contributed by atoms with Gasteiger partial charge < -0.3 is 4.74 Å². The lowest BCUT2D eigenvalue weighted by atomic mass is 10.2. The largest absolute Gasteiger partial charge is 0.448 e. The SMILES string of the molecule is C=C(OC(C)=NC)C(C)C. The van der Waals surface area contributed by atoms with Gasteiger partial charge >= 0.3 is 0 Å². The van der Waals surface area contributed by atoms with E-state index in [0.717, 1.165) is 5.76 Å². The Morgan fingerprint density at radius 2 is 2.00 bits per heavy atom. The Hall–Kier alpha value is -0.790. The smallest absolute Gasteiger partial charge is 0.186 e. The Bertz CT molecular complexity index is 147. The number of rotatable bonds is 2. The van der Waals surface area contributed by atoms with Crippen molar-refractivity contribution in [1.29, 1.82) is 0 Å². The highest BCUT2D eigenvalue weighted by atomic mass is 16.5. The van der Waals surface area contributed by atoms with Gasteiger partial charge in [-0.1, -0.05) is 20.4 Å². The minimum atomic E-state index is 0.358. The van der Waals surface area contributed by atoms with E-state index in [1.807, 2.05) is 20.8 Å². The summed E-state index contributed by atoms with van der Waals surface area (Å²) >= 11 is 0. The molecule has 0 radical (unpaired) electrons. The average Bonchev–Trinajstić information content (AvgIpc) is 1.87. The second kappa shape index (κ2) is 4.09. The number of hydrogen-bond donors (Lipinski definition) is 0. The lowest BCUT2D eigenvalue weighted by Gasteiger charge is -2.09. The fourth-order valence-electron chi connectivity index (χ4n) is 0.353. The number of ether oxygens (including phenoxy) is 1. The maximum Gasteiger partial charge on any atom is 0.186 e. The predicted octanol–water partition coefficient (Wildman–Crippen LogP) is 2.22. The second-order valence-corrected chi connectivity index (χ2v) is 2.47. The van der Waals surface area contributed by atoms with E-state index in [1.54, 1.807) is 7.05 Å². The average molecular weight is 141 g/mol. The third kappa shape index (κ3) is 3.28. The van der Waals surface area contributed by atoms with E-state index in [4.69, 9.17) is 4.74 Å². The van der Waals surface area contributed by atoms with E-state index in [0.29, 0.717) is 11.8 Å². The van der Waals surface area contributed by atoms with Crippen molar-refractivity contribution in [2.45, 2.75) is 20.8 Å². The molecule has 0 heterocycles. The monoisotopic (exact) mass is 141 g/mol. The standard InChI is InChI=1S/C8H15NO/c1-6(2)7(3)10-8(4)9-5/h6H,3H2,1-2,4-5H3. The van der Waals surface area contributed by atoms with Gasteiger partial charge in [-0.05, 0) is 0 Å². The number of aliphatic imine (C=N–C) groups is 1. The summed E-state index contributed by atoms with van der Waals surface area (Å²) in [6, 6.07) is 0. The third-order valence-corrected chi connectivity index (χ3v) is 1.24. The molecular weight excluding hydrogens is 126 g/mol. The molecule has 0 aliphatic carbocycles. The Labute approximate surface area is 62.6 Å². The van der Waals surface area contributed by atoms with E-state index >= 15 is 0 Å². The van der Waals surface area contributed by atoms with E-state index < -0.39 is 0 Å². The lowest BCUT2D eigenvalue weighted by Crippen LogP contribution is -2.03. The Morgan fingerprint density at radius 1 is 1.50 bits per heavy atom. The number of nitrogens with zero attached hydrogens (tertiary/aromatic N) is 1. The van der Waals surface area contributed by atoms with Crippen LogP contribution in [0.1, 0.15) is 20.8 Å². The highest BCUT2D eigenvalue weighted by Crippen LogP contribution is 2.07. The molecule has 0 aliphatic rings. The van der Waals surface area contributed by atoms with Crippen LogP contribution in [0.5, 0.6) is 0 Å². The zero-order chi connectivity index (χ0) is 8.15. The quantitative estimate of drug-likeness (QED) is 0.328. The molecule has 0 atom stereocenters. The van der Waals surface area contributed by atoms with Crippen LogP contribution >= 0.6 is 0 Å². The van der Waals surface area contributed by atoms with Gasteiger partial charge in [0.05, 0.1) is 0 Å². The van der Waals surface area contributed by atoms with Crippen LogP contribution in [0.3, 0.4) is 0 Å². The minimum absolute atomic E-state index is 0.358. The minimum Gasteiger partial charge on any atom is -0.448 e. The molecule has 0 N–H and O–H groups in total. The first-order chi connectivity index (χ1) is 4.57. The first kappa shape index (κ1) is 9.21. The molecule has 2 heteroatoms. The molecule has 0 spiro atoms. The molecule has 0 aromatic heterocycles. The molecule has 0 saturated heterocycles. The summed E-state index contributed by atoms with van der Waals surface area (Å²) in [5, 5.41) is 0. The molecule has 0 aromatic carbocycles. The Morgan fingerprint density at radius 3 is 2.30 bits per heavy atom. The van der Waals surface area contributed by atoms with Crippen LogP contribution in [-0.4, -0.2) is 12.9 Å². The summed E-state index contributed by atoms with van der Waals surface area (Å²) < 4.78 is 5.22. The highest BCUT2D eigenvalue weighted by molar-refractivity contribution is 5.73. The van der Waals surface area contributed by atoms with E-state index in [9.17, 15) is 0 Å². The Kier molecular flexibility index (Phi) is 3.77. The zero-order valence-corrected chi connectivity index (χ0v) is 7.14. The summed E-state index contributed by atoms with van der Waals surface area (Å²) in [5.41, 5.74) is 0. The summed E-state index contributed by atoms with van der Waals surface area (Å²) in [6.45, 7) is 9.62. The molecule has 0 unspecified atom stereocenters. The normalized spacial score (nSPS) is 11.9. The maximum atomic E-state index is 5.22. The van der Waals surface area contributed by atoms with Gasteiger partial charge in [0.2, 0.25) is 0 Å². The van der Waals surface area contributed by atoms with Gasteiger partial charge in [-0.3, -0.25) is 4.99 Å². The van der Waals surface area contributed by atoms with Gasteiger partial charge in [0, 0.05) is 19.9 Å². The summed E-state index contributed by atoms with van der Waals surface area (Å²) in [7, 11) is 1.70. The molecule has 10 heavy (non-hydrogen) atoms. The van der Waals surface area contributed by atoms with Crippen LogP contribution < -0.4 is 0 Å².